The topological polar surface area (TPSA) is 186 Å². The van der Waals surface area contributed by atoms with Gasteiger partial charge in [0.25, 0.3) is 10.1 Å². The highest BCUT2D eigenvalue weighted by atomic mass is 32.2. The third kappa shape index (κ3) is 26.9. The van der Waals surface area contributed by atoms with Crippen LogP contribution in [0.3, 0.4) is 0 Å². The van der Waals surface area contributed by atoms with Crippen LogP contribution in [0.2, 0.25) is 0 Å². The van der Waals surface area contributed by atoms with E-state index < -0.39 is 71.2 Å². The molecule has 0 amide bonds. The third-order valence-corrected chi connectivity index (χ3v) is 10.4. The van der Waals surface area contributed by atoms with Gasteiger partial charge in [-0.3, -0.25) is 9.35 Å². The molecule has 0 bridgehead atoms. The highest BCUT2D eigenvalue weighted by Crippen LogP contribution is 2.24. The molecule has 2 unspecified atom stereocenters. The summed E-state index contributed by atoms with van der Waals surface area (Å²) in [5.41, 5.74) is 0. The van der Waals surface area contributed by atoms with E-state index >= 15 is 0 Å². The van der Waals surface area contributed by atoms with Crippen LogP contribution in [0.15, 0.2) is 24.3 Å². The van der Waals surface area contributed by atoms with Crippen LogP contribution >= 0.6 is 0 Å². The minimum Gasteiger partial charge on any atom is -0.458 e. The predicted octanol–water partition coefficient (Wildman–Crippen LogP) is 7.67. The monoisotopic (exact) mass is 790 g/mol. The smallest absolute Gasteiger partial charge is 0.330 e. The molecule has 316 valence electrons. The number of hydrogen-bond donors (Lipinski definition) is 4. The highest BCUT2D eigenvalue weighted by Gasteiger charge is 2.46. The Morgan fingerprint density at radius 1 is 0.667 bits per heavy atom. The van der Waals surface area contributed by atoms with Crippen molar-refractivity contribution in [3.8, 4) is 0 Å². The summed E-state index contributed by atoms with van der Waals surface area (Å²) in [6.45, 7) is 3.63. The van der Waals surface area contributed by atoms with Gasteiger partial charge in [0.15, 0.2) is 12.4 Å². The number of ether oxygens (including phenoxy) is 4. The number of allylic oxidation sites excluding steroid dienone is 3. The van der Waals surface area contributed by atoms with E-state index in [4.69, 9.17) is 18.9 Å². The van der Waals surface area contributed by atoms with Crippen molar-refractivity contribution in [1.82, 2.24) is 0 Å². The van der Waals surface area contributed by atoms with Gasteiger partial charge >= 0.3 is 11.9 Å². The maximum Gasteiger partial charge on any atom is 0.330 e. The second-order valence-electron chi connectivity index (χ2n) is 14.7. The molecule has 12 nitrogen and oxygen atoms in total. The van der Waals surface area contributed by atoms with Gasteiger partial charge in [-0.2, -0.15) is 8.42 Å². The molecule has 1 fully saturated rings. The number of carbonyl (C=O) groups excluding carboxylic acids is 2. The predicted molar refractivity (Wildman–Crippen MR) is 210 cm³/mol. The molecule has 1 heterocycles. The van der Waals surface area contributed by atoms with Gasteiger partial charge in [0.05, 0.1) is 6.61 Å². The number of hydrogen-bond acceptors (Lipinski definition) is 11. The fourth-order valence-corrected chi connectivity index (χ4v) is 7.05. The summed E-state index contributed by atoms with van der Waals surface area (Å²) in [5, 5.41) is 30.8. The second-order valence-corrected chi connectivity index (χ2v) is 16.2. The van der Waals surface area contributed by atoms with Crippen LogP contribution < -0.4 is 0 Å². The van der Waals surface area contributed by atoms with Crippen LogP contribution in [0.4, 0.5) is 0 Å². The summed E-state index contributed by atoms with van der Waals surface area (Å²) in [5.74, 6) is -2.24. The Balaban J connectivity index is 2.53. The van der Waals surface area contributed by atoms with Crippen molar-refractivity contribution in [1.29, 1.82) is 0 Å². The fourth-order valence-electron chi connectivity index (χ4n) is 6.35. The Hall–Kier alpha value is -1.87. The quantitative estimate of drug-likeness (QED) is 0.0164. The molecule has 0 aromatic rings. The molecule has 1 rings (SSSR count). The molecule has 0 spiro atoms. The van der Waals surface area contributed by atoms with Crippen molar-refractivity contribution in [3.05, 3.63) is 24.3 Å². The normalized spacial score (nSPS) is 21.2. The van der Waals surface area contributed by atoms with Gasteiger partial charge in [0, 0.05) is 12.5 Å². The van der Waals surface area contributed by atoms with Gasteiger partial charge in [0.2, 0.25) is 0 Å². The van der Waals surface area contributed by atoms with Crippen molar-refractivity contribution in [2.75, 3.05) is 19.0 Å². The standard InChI is InChI=1S/C41H74O12S/c1-3-5-7-9-11-13-15-16-17-18-20-21-23-25-27-29-36(42)50-31-34(52-37(43)30-28-26-24-22-19-14-12-10-8-6-4-2)32-51-41-40(46)39(45)38(44)35(53-41)33-54(47,48)49/h23,25,27,29,34-35,38-41,44-46H,3-22,24,26,28,30-33H2,1-2H3,(H,47,48,49)/b25-23+,29-27+/t34-,35-,38-,39?,40?,41+/m1/s1. The molecular weight excluding hydrogens is 717 g/mol. The molecule has 1 aliphatic heterocycles. The first kappa shape index (κ1) is 50.1. The van der Waals surface area contributed by atoms with E-state index in [0.717, 1.165) is 32.1 Å². The summed E-state index contributed by atoms with van der Waals surface area (Å²) >= 11 is 0. The van der Waals surface area contributed by atoms with E-state index in [-0.39, 0.29) is 13.0 Å². The lowest BCUT2D eigenvalue weighted by Crippen LogP contribution is -2.60. The summed E-state index contributed by atoms with van der Waals surface area (Å²) in [4.78, 5) is 25.2. The van der Waals surface area contributed by atoms with E-state index in [2.05, 4.69) is 13.8 Å². The number of aliphatic hydroxyl groups excluding tert-OH is 3. The van der Waals surface area contributed by atoms with Crippen molar-refractivity contribution >= 4 is 22.1 Å². The Bertz CT molecular complexity index is 1110. The molecule has 0 aromatic carbocycles. The van der Waals surface area contributed by atoms with E-state index in [9.17, 15) is 37.9 Å². The van der Waals surface area contributed by atoms with Gasteiger partial charge in [-0.05, 0) is 19.3 Å². The van der Waals surface area contributed by atoms with E-state index in [1.807, 2.05) is 6.08 Å². The molecule has 0 aromatic heterocycles. The summed E-state index contributed by atoms with van der Waals surface area (Å²) < 4.78 is 53.7. The molecule has 1 saturated heterocycles. The number of aliphatic hydroxyl groups is 3. The van der Waals surface area contributed by atoms with Crippen LogP contribution in [0.5, 0.6) is 0 Å². The summed E-state index contributed by atoms with van der Waals surface area (Å²) in [6, 6.07) is 0. The lowest BCUT2D eigenvalue weighted by atomic mass is 10.00. The van der Waals surface area contributed by atoms with Crippen molar-refractivity contribution in [2.45, 2.75) is 205 Å². The Morgan fingerprint density at radius 3 is 1.69 bits per heavy atom. The van der Waals surface area contributed by atoms with Crippen LogP contribution in [-0.2, 0) is 38.7 Å². The molecule has 4 N–H and O–H groups in total. The van der Waals surface area contributed by atoms with Gasteiger partial charge in [-0.15, -0.1) is 0 Å². The minimum atomic E-state index is -4.60. The zero-order valence-corrected chi connectivity index (χ0v) is 34.1. The zero-order chi connectivity index (χ0) is 39.9. The molecular formula is C41H74O12S. The van der Waals surface area contributed by atoms with Crippen molar-refractivity contribution < 1.29 is 56.8 Å². The van der Waals surface area contributed by atoms with Crippen LogP contribution in [0.1, 0.15) is 168 Å². The number of rotatable bonds is 34. The number of esters is 2. The van der Waals surface area contributed by atoms with Gasteiger partial charge in [-0.1, -0.05) is 160 Å². The van der Waals surface area contributed by atoms with Crippen LogP contribution in [0.25, 0.3) is 0 Å². The first-order valence-corrected chi connectivity index (χ1v) is 22.5. The van der Waals surface area contributed by atoms with Crippen LogP contribution in [-0.4, -0.2) is 96.0 Å². The molecule has 1 aliphatic rings. The molecule has 0 aliphatic carbocycles. The Morgan fingerprint density at radius 2 is 1.17 bits per heavy atom. The van der Waals surface area contributed by atoms with Crippen molar-refractivity contribution in [2.24, 2.45) is 0 Å². The van der Waals surface area contributed by atoms with Gasteiger partial charge in [0.1, 0.15) is 36.8 Å². The molecule has 0 radical (unpaired) electrons. The lowest BCUT2D eigenvalue weighted by molar-refractivity contribution is -0.297. The SMILES string of the molecule is CCCCCCCCCCCCC/C=C/C=C/C(=O)OC[C@H](CO[C@H]1O[C@H](CS(=O)(=O)O)[C@@H](O)C(O)C1O)OC(=O)CCCCCCCCCCCCC. The van der Waals surface area contributed by atoms with E-state index in [1.54, 1.807) is 12.2 Å². The summed E-state index contributed by atoms with van der Waals surface area (Å²) in [6.07, 6.45) is 24.4. The number of unbranched alkanes of at least 4 members (excludes halogenated alkanes) is 21. The largest absolute Gasteiger partial charge is 0.458 e. The van der Waals surface area contributed by atoms with Crippen molar-refractivity contribution in [3.63, 3.8) is 0 Å². The van der Waals surface area contributed by atoms with Gasteiger partial charge in [-0.25, -0.2) is 4.79 Å². The first-order chi connectivity index (χ1) is 26.0. The maximum atomic E-state index is 12.7. The van der Waals surface area contributed by atoms with Crippen LogP contribution in [0, 0.1) is 0 Å². The zero-order valence-electron chi connectivity index (χ0n) is 33.3. The Labute approximate surface area is 326 Å². The fraction of sp³-hybridized carbons (Fsp3) is 0.854. The van der Waals surface area contributed by atoms with Gasteiger partial charge < -0.3 is 34.3 Å². The van der Waals surface area contributed by atoms with E-state index in [1.165, 1.54) is 115 Å². The second kappa shape index (κ2) is 32.2. The average Bonchev–Trinajstić information content (AvgIpc) is 3.13. The molecule has 54 heavy (non-hydrogen) atoms. The average molecular weight is 791 g/mol. The lowest BCUT2D eigenvalue weighted by Gasteiger charge is -2.40. The molecule has 0 saturated carbocycles. The third-order valence-electron chi connectivity index (χ3n) is 9.64. The first-order valence-electron chi connectivity index (χ1n) is 20.9. The minimum absolute atomic E-state index is 0.148. The number of carbonyl (C=O) groups is 2. The maximum absolute atomic E-state index is 12.7. The highest BCUT2D eigenvalue weighted by molar-refractivity contribution is 7.85. The summed E-state index contributed by atoms with van der Waals surface area (Å²) in [7, 11) is -4.60. The molecule has 6 atom stereocenters. The Kier molecular flexibility index (Phi) is 29.9. The van der Waals surface area contributed by atoms with E-state index in [0.29, 0.717) is 6.42 Å². The molecule has 13 heteroatoms.